The summed E-state index contributed by atoms with van der Waals surface area (Å²) < 4.78 is 5.66. The van der Waals surface area contributed by atoms with Crippen molar-refractivity contribution in [3.8, 4) is 0 Å². The summed E-state index contributed by atoms with van der Waals surface area (Å²) in [5.74, 6) is 1.33. The molecule has 1 heterocycles. The Morgan fingerprint density at radius 1 is 1.38 bits per heavy atom. The molecular formula is C14H27NO. The average Bonchev–Trinajstić information content (AvgIpc) is 2.68. The molecule has 94 valence electrons. The van der Waals surface area contributed by atoms with Gasteiger partial charge in [-0.3, -0.25) is 0 Å². The summed E-state index contributed by atoms with van der Waals surface area (Å²) in [6.07, 6.45) is 5.12. The van der Waals surface area contributed by atoms with Crippen LogP contribution in [0.15, 0.2) is 11.6 Å². The average molecular weight is 225 g/mol. The van der Waals surface area contributed by atoms with Gasteiger partial charge in [-0.05, 0) is 31.2 Å². The molecule has 1 aliphatic rings. The molecular weight excluding hydrogens is 198 g/mol. The molecule has 16 heavy (non-hydrogen) atoms. The van der Waals surface area contributed by atoms with Gasteiger partial charge in [-0.1, -0.05) is 39.3 Å². The molecule has 1 atom stereocenters. The highest BCUT2D eigenvalue weighted by Gasteiger charge is 2.14. The minimum Gasteiger partial charge on any atom is -0.374 e. The Hall–Kier alpha value is -0.340. The highest BCUT2D eigenvalue weighted by atomic mass is 16.5. The fourth-order valence-electron chi connectivity index (χ4n) is 1.93. The number of ether oxygens (including phenoxy) is 1. The number of nitrogens with one attached hydrogen (secondary N) is 1. The van der Waals surface area contributed by atoms with Crippen LogP contribution in [0.2, 0.25) is 0 Å². The van der Waals surface area contributed by atoms with Crippen LogP contribution < -0.4 is 5.32 Å². The van der Waals surface area contributed by atoms with E-state index in [2.05, 4.69) is 39.1 Å². The Balaban J connectivity index is 2.40. The van der Waals surface area contributed by atoms with Crippen molar-refractivity contribution in [1.29, 1.82) is 0 Å². The molecule has 0 saturated carbocycles. The van der Waals surface area contributed by atoms with Crippen LogP contribution >= 0.6 is 0 Å². The van der Waals surface area contributed by atoms with Crippen LogP contribution in [0.25, 0.3) is 0 Å². The summed E-state index contributed by atoms with van der Waals surface area (Å²) >= 11 is 0. The maximum absolute atomic E-state index is 5.66. The number of rotatable bonds is 6. The van der Waals surface area contributed by atoms with Gasteiger partial charge in [0.1, 0.15) is 0 Å². The van der Waals surface area contributed by atoms with E-state index >= 15 is 0 Å². The van der Waals surface area contributed by atoms with Crippen LogP contribution in [0.5, 0.6) is 0 Å². The zero-order valence-corrected chi connectivity index (χ0v) is 11.3. The fraction of sp³-hybridized carbons (Fsp3) is 0.857. The van der Waals surface area contributed by atoms with Gasteiger partial charge >= 0.3 is 0 Å². The first kappa shape index (κ1) is 13.7. The predicted octanol–water partition coefficient (Wildman–Crippen LogP) is 2.99. The minimum atomic E-state index is 0.373. The molecule has 1 saturated heterocycles. The van der Waals surface area contributed by atoms with Gasteiger partial charge in [0.2, 0.25) is 0 Å². The molecule has 1 fully saturated rings. The largest absolute Gasteiger partial charge is 0.374 e. The van der Waals surface area contributed by atoms with Gasteiger partial charge in [0, 0.05) is 13.2 Å². The van der Waals surface area contributed by atoms with Gasteiger partial charge in [0.25, 0.3) is 0 Å². The lowest BCUT2D eigenvalue weighted by atomic mass is 10.0. The van der Waals surface area contributed by atoms with E-state index in [1.807, 2.05) is 0 Å². The van der Waals surface area contributed by atoms with Crippen molar-refractivity contribution < 1.29 is 4.74 Å². The fourth-order valence-corrected chi connectivity index (χ4v) is 1.93. The lowest BCUT2D eigenvalue weighted by molar-refractivity contribution is 0.144. The van der Waals surface area contributed by atoms with Gasteiger partial charge < -0.3 is 10.1 Å². The van der Waals surface area contributed by atoms with Gasteiger partial charge in [0.15, 0.2) is 0 Å². The molecule has 0 amide bonds. The molecule has 1 unspecified atom stereocenters. The van der Waals surface area contributed by atoms with E-state index in [4.69, 9.17) is 4.74 Å². The highest BCUT2D eigenvalue weighted by Crippen LogP contribution is 2.18. The van der Waals surface area contributed by atoms with Crippen molar-refractivity contribution in [2.24, 2.45) is 11.8 Å². The molecule has 1 aliphatic heterocycles. The molecule has 0 bridgehead atoms. The Kier molecular flexibility index (Phi) is 6.07. The van der Waals surface area contributed by atoms with Crippen molar-refractivity contribution in [3.63, 3.8) is 0 Å². The van der Waals surface area contributed by atoms with Crippen LogP contribution in [0, 0.1) is 11.8 Å². The lowest BCUT2D eigenvalue weighted by Gasteiger charge is -2.16. The topological polar surface area (TPSA) is 21.3 Å². The molecule has 1 N–H and O–H groups in total. The maximum Gasteiger partial charge on any atom is 0.0759 e. The Morgan fingerprint density at radius 3 is 2.62 bits per heavy atom. The summed E-state index contributed by atoms with van der Waals surface area (Å²) in [6.45, 7) is 12.0. The zero-order chi connectivity index (χ0) is 12.0. The van der Waals surface area contributed by atoms with Gasteiger partial charge in [-0.25, -0.2) is 0 Å². The predicted molar refractivity (Wildman–Crippen MR) is 69.6 cm³/mol. The van der Waals surface area contributed by atoms with Crippen LogP contribution in [-0.2, 0) is 4.74 Å². The summed E-state index contributed by atoms with van der Waals surface area (Å²) in [4.78, 5) is 0. The van der Waals surface area contributed by atoms with Crippen LogP contribution in [0.3, 0.4) is 0 Å². The maximum atomic E-state index is 5.66. The van der Waals surface area contributed by atoms with Crippen molar-refractivity contribution in [3.05, 3.63) is 11.6 Å². The van der Waals surface area contributed by atoms with Crippen molar-refractivity contribution in [1.82, 2.24) is 5.32 Å². The molecule has 2 heteroatoms. The standard InChI is InChI=1S/C14H27NO/c1-11(2)9-15-10-13(12(3)4)8-14-6-5-7-16-14/h8,11-12,14-15H,5-7,9-10H2,1-4H3. The Morgan fingerprint density at radius 2 is 2.12 bits per heavy atom. The third-order valence-corrected chi connectivity index (χ3v) is 2.99. The molecule has 1 rings (SSSR count). The third-order valence-electron chi connectivity index (χ3n) is 2.99. The smallest absolute Gasteiger partial charge is 0.0759 e. The molecule has 0 aromatic carbocycles. The summed E-state index contributed by atoms with van der Waals surface area (Å²) in [5, 5.41) is 3.52. The third kappa shape index (κ3) is 5.13. The van der Waals surface area contributed by atoms with Crippen LogP contribution in [-0.4, -0.2) is 25.8 Å². The van der Waals surface area contributed by atoms with E-state index in [-0.39, 0.29) is 0 Å². The van der Waals surface area contributed by atoms with Crippen LogP contribution in [0.4, 0.5) is 0 Å². The SMILES string of the molecule is CC(C)CNCC(=CC1CCCO1)C(C)C. The van der Waals surface area contributed by atoms with Gasteiger partial charge in [-0.2, -0.15) is 0 Å². The van der Waals surface area contributed by atoms with E-state index in [9.17, 15) is 0 Å². The van der Waals surface area contributed by atoms with E-state index in [0.717, 1.165) is 25.6 Å². The molecule has 0 aromatic rings. The quantitative estimate of drug-likeness (QED) is 0.702. The normalized spacial score (nSPS) is 22.4. The minimum absolute atomic E-state index is 0.373. The lowest BCUT2D eigenvalue weighted by Crippen LogP contribution is -2.24. The zero-order valence-electron chi connectivity index (χ0n) is 11.3. The van der Waals surface area contributed by atoms with Crippen molar-refractivity contribution >= 4 is 0 Å². The number of hydrogen-bond donors (Lipinski definition) is 1. The first-order chi connectivity index (χ1) is 7.59. The van der Waals surface area contributed by atoms with Crippen molar-refractivity contribution in [2.45, 2.75) is 46.6 Å². The molecule has 0 aliphatic carbocycles. The second-order valence-corrected chi connectivity index (χ2v) is 5.47. The molecule has 0 spiro atoms. The number of hydrogen-bond acceptors (Lipinski definition) is 2. The van der Waals surface area contributed by atoms with Gasteiger partial charge in [-0.15, -0.1) is 0 Å². The van der Waals surface area contributed by atoms with E-state index in [1.165, 1.54) is 18.4 Å². The first-order valence-electron chi connectivity index (χ1n) is 6.62. The van der Waals surface area contributed by atoms with Crippen LogP contribution in [0.1, 0.15) is 40.5 Å². The molecule has 2 nitrogen and oxygen atoms in total. The van der Waals surface area contributed by atoms with E-state index < -0.39 is 0 Å². The molecule has 0 aromatic heterocycles. The first-order valence-corrected chi connectivity index (χ1v) is 6.62. The molecule has 0 radical (unpaired) electrons. The van der Waals surface area contributed by atoms with E-state index in [0.29, 0.717) is 12.0 Å². The van der Waals surface area contributed by atoms with Gasteiger partial charge in [0.05, 0.1) is 6.10 Å². The second-order valence-electron chi connectivity index (χ2n) is 5.47. The van der Waals surface area contributed by atoms with Crippen molar-refractivity contribution in [2.75, 3.05) is 19.7 Å². The Bertz CT molecular complexity index is 215. The second kappa shape index (κ2) is 7.08. The summed E-state index contributed by atoms with van der Waals surface area (Å²) in [7, 11) is 0. The van der Waals surface area contributed by atoms with E-state index in [1.54, 1.807) is 0 Å². The highest BCUT2D eigenvalue weighted by molar-refractivity contribution is 5.10. The monoisotopic (exact) mass is 225 g/mol. The Labute approximate surface area is 100 Å². The summed E-state index contributed by atoms with van der Waals surface area (Å²) in [5.41, 5.74) is 1.49. The summed E-state index contributed by atoms with van der Waals surface area (Å²) in [6, 6.07) is 0.